The van der Waals surface area contributed by atoms with Crippen LogP contribution in [0.3, 0.4) is 0 Å². The lowest BCUT2D eigenvalue weighted by molar-refractivity contribution is -0.120. The van der Waals surface area contributed by atoms with E-state index in [2.05, 4.69) is 26.3 Å². The second-order valence-corrected chi connectivity index (χ2v) is 7.94. The number of ether oxygens (including phenoxy) is 1. The average Bonchev–Trinajstić information content (AvgIpc) is 3.17. The zero-order valence-corrected chi connectivity index (χ0v) is 17.9. The Hall–Kier alpha value is -3.27. The van der Waals surface area contributed by atoms with E-state index in [1.165, 1.54) is 29.4 Å². The summed E-state index contributed by atoms with van der Waals surface area (Å²) >= 11 is 3.37. The van der Waals surface area contributed by atoms with Crippen LogP contribution in [-0.2, 0) is 11.2 Å². The van der Waals surface area contributed by atoms with E-state index in [0.29, 0.717) is 17.0 Å². The number of hydrogen-bond acceptors (Lipinski definition) is 4. The topological polar surface area (TPSA) is 76.5 Å². The van der Waals surface area contributed by atoms with Crippen LogP contribution in [0.15, 0.2) is 53.3 Å². The van der Waals surface area contributed by atoms with Crippen LogP contribution < -0.4 is 15.0 Å². The first-order valence-corrected chi connectivity index (χ1v) is 10.1. The van der Waals surface area contributed by atoms with Crippen molar-refractivity contribution in [1.82, 2.24) is 15.1 Å². The lowest BCUT2D eigenvalue weighted by Gasteiger charge is -2.20. The van der Waals surface area contributed by atoms with E-state index in [1.54, 1.807) is 25.2 Å². The van der Waals surface area contributed by atoms with Gasteiger partial charge in [-0.1, -0.05) is 22.0 Å². The van der Waals surface area contributed by atoms with E-state index in [1.807, 2.05) is 0 Å². The molecular formula is C21H17BrF2N4O3. The summed E-state index contributed by atoms with van der Waals surface area (Å²) < 4.78 is 34.4. The Balaban J connectivity index is 1.46. The second kappa shape index (κ2) is 8.46. The summed E-state index contributed by atoms with van der Waals surface area (Å²) in [6.45, 7) is -0.0432. The molecule has 0 unspecified atom stereocenters. The molecule has 4 rings (SSSR count). The molecule has 0 saturated carbocycles. The molecular weight excluding hydrogens is 474 g/mol. The molecule has 3 aromatic rings. The number of fused-ring (bicyclic) bond motifs is 1. The Kier molecular flexibility index (Phi) is 5.73. The van der Waals surface area contributed by atoms with Crippen molar-refractivity contribution in [3.63, 3.8) is 0 Å². The third kappa shape index (κ3) is 4.43. The highest BCUT2D eigenvalue weighted by atomic mass is 79.9. The van der Waals surface area contributed by atoms with Crippen molar-refractivity contribution in [1.29, 1.82) is 0 Å². The molecule has 1 atom stereocenters. The fourth-order valence-corrected chi connectivity index (χ4v) is 3.59. The minimum absolute atomic E-state index is 0.0432. The first kappa shape index (κ1) is 21.0. The molecule has 0 spiro atoms. The minimum atomic E-state index is -0.925. The van der Waals surface area contributed by atoms with Gasteiger partial charge in [-0.05, 0) is 35.4 Å². The summed E-state index contributed by atoms with van der Waals surface area (Å²) in [5, 5.41) is 6.59. The summed E-state index contributed by atoms with van der Waals surface area (Å²) in [7, 11) is 1.60. The van der Waals surface area contributed by atoms with Crippen molar-refractivity contribution < 1.29 is 23.1 Å². The highest BCUT2D eigenvalue weighted by Crippen LogP contribution is 2.33. The number of rotatable bonds is 3. The SMILES string of the molecule is CN1C(=O)[C@@H](NC(=O)n2cc(Cc3ccc(F)cc3F)cn2)COc2ccc(Br)cc21. The maximum atomic E-state index is 13.9. The number of nitrogens with zero attached hydrogens (tertiary/aromatic N) is 3. The van der Waals surface area contributed by atoms with Gasteiger partial charge in [0.2, 0.25) is 0 Å². The predicted molar refractivity (Wildman–Crippen MR) is 112 cm³/mol. The maximum absolute atomic E-state index is 13.9. The number of amides is 2. The Bertz CT molecular complexity index is 1170. The summed E-state index contributed by atoms with van der Waals surface area (Å²) in [6, 6.07) is 7.05. The second-order valence-electron chi connectivity index (χ2n) is 7.03. The molecule has 0 aliphatic carbocycles. The smallest absolute Gasteiger partial charge is 0.342 e. The number of likely N-dealkylation sites (N-methyl/N-ethyl adjacent to an activating group) is 1. The number of nitrogens with one attached hydrogen (secondary N) is 1. The first-order valence-electron chi connectivity index (χ1n) is 9.30. The lowest BCUT2D eigenvalue weighted by Crippen LogP contribution is -2.50. The Morgan fingerprint density at radius 1 is 1.29 bits per heavy atom. The van der Waals surface area contributed by atoms with Crippen molar-refractivity contribution in [2.75, 3.05) is 18.6 Å². The monoisotopic (exact) mass is 490 g/mol. The third-order valence-electron chi connectivity index (χ3n) is 4.87. The van der Waals surface area contributed by atoms with Gasteiger partial charge in [0.15, 0.2) is 0 Å². The molecule has 10 heteroatoms. The van der Waals surface area contributed by atoms with Crippen LogP contribution >= 0.6 is 15.9 Å². The normalized spacial score (nSPS) is 15.8. The molecule has 7 nitrogen and oxygen atoms in total. The molecule has 2 aromatic carbocycles. The summed E-state index contributed by atoms with van der Waals surface area (Å²) in [5.74, 6) is -1.15. The Labute approximate surface area is 184 Å². The Morgan fingerprint density at radius 3 is 2.87 bits per heavy atom. The number of carbonyl (C=O) groups is 2. The molecule has 1 aromatic heterocycles. The molecule has 2 heterocycles. The van der Waals surface area contributed by atoms with Gasteiger partial charge in [-0.3, -0.25) is 4.79 Å². The van der Waals surface area contributed by atoms with Gasteiger partial charge in [0.1, 0.15) is 30.0 Å². The van der Waals surface area contributed by atoms with Crippen LogP contribution in [0.5, 0.6) is 5.75 Å². The standard InChI is InChI=1S/C21H17BrF2N4O3/c1-27-18-7-14(22)3-5-19(18)31-11-17(20(27)29)26-21(30)28-10-12(9-25-28)6-13-2-4-15(23)8-16(13)24/h2-5,7-10,17H,6,11H2,1H3,(H,26,30)/t17-/m0/s1. The molecule has 0 radical (unpaired) electrons. The molecule has 1 N–H and O–H groups in total. The van der Waals surface area contributed by atoms with E-state index in [4.69, 9.17) is 4.74 Å². The fourth-order valence-electron chi connectivity index (χ4n) is 3.24. The van der Waals surface area contributed by atoms with Gasteiger partial charge in [-0.2, -0.15) is 9.78 Å². The van der Waals surface area contributed by atoms with E-state index < -0.39 is 23.7 Å². The quantitative estimate of drug-likeness (QED) is 0.609. The zero-order valence-electron chi connectivity index (χ0n) is 16.3. The van der Waals surface area contributed by atoms with Crippen molar-refractivity contribution >= 4 is 33.6 Å². The van der Waals surface area contributed by atoms with Gasteiger partial charge in [0.05, 0.1) is 11.9 Å². The summed E-state index contributed by atoms with van der Waals surface area (Å²) in [6.07, 6.45) is 2.97. The minimum Gasteiger partial charge on any atom is -0.489 e. The molecule has 0 saturated heterocycles. The van der Waals surface area contributed by atoms with Gasteiger partial charge in [0.25, 0.3) is 5.91 Å². The van der Waals surface area contributed by atoms with E-state index in [9.17, 15) is 18.4 Å². The maximum Gasteiger partial charge on any atom is 0.342 e. The summed E-state index contributed by atoms with van der Waals surface area (Å²) in [5.41, 5.74) is 1.41. The fraction of sp³-hybridized carbons (Fsp3) is 0.190. The highest BCUT2D eigenvalue weighted by Gasteiger charge is 2.31. The van der Waals surface area contributed by atoms with Gasteiger partial charge in [-0.15, -0.1) is 0 Å². The van der Waals surface area contributed by atoms with Gasteiger partial charge < -0.3 is 15.0 Å². The number of carbonyl (C=O) groups excluding carboxylic acids is 2. The van der Waals surface area contributed by atoms with Gasteiger partial charge >= 0.3 is 6.03 Å². The highest BCUT2D eigenvalue weighted by molar-refractivity contribution is 9.10. The Morgan fingerprint density at radius 2 is 2.10 bits per heavy atom. The van der Waals surface area contributed by atoms with E-state index in [0.717, 1.165) is 15.2 Å². The van der Waals surface area contributed by atoms with Crippen molar-refractivity contribution in [2.45, 2.75) is 12.5 Å². The van der Waals surface area contributed by atoms with E-state index in [-0.39, 0.29) is 24.5 Å². The van der Waals surface area contributed by atoms with Crippen molar-refractivity contribution in [2.24, 2.45) is 0 Å². The van der Waals surface area contributed by atoms with Crippen LogP contribution in [0.25, 0.3) is 0 Å². The molecule has 2 amide bonds. The van der Waals surface area contributed by atoms with Crippen LogP contribution in [0, 0.1) is 11.6 Å². The summed E-state index contributed by atoms with van der Waals surface area (Å²) in [4.78, 5) is 26.8. The van der Waals surface area contributed by atoms with Gasteiger partial charge in [-0.25, -0.2) is 13.6 Å². The zero-order chi connectivity index (χ0) is 22.1. The molecule has 1 aliphatic rings. The largest absolute Gasteiger partial charge is 0.489 e. The average molecular weight is 491 g/mol. The number of benzene rings is 2. The molecule has 31 heavy (non-hydrogen) atoms. The molecule has 0 fully saturated rings. The first-order chi connectivity index (χ1) is 14.8. The molecule has 0 bridgehead atoms. The number of aromatic nitrogens is 2. The van der Waals surface area contributed by atoms with Crippen molar-refractivity contribution in [3.05, 3.63) is 76.0 Å². The van der Waals surface area contributed by atoms with Crippen LogP contribution in [0.2, 0.25) is 0 Å². The number of anilines is 1. The van der Waals surface area contributed by atoms with Gasteiger partial charge in [0, 0.05) is 30.2 Å². The van der Waals surface area contributed by atoms with Crippen LogP contribution in [-0.4, -0.2) is 41.4 Å². The van der Waals surface area contributed by atoms with E-state index >= 15 is 0 Å². The third-order valence-corrected chi connectivity index (χ3v) is 5.36. The predicted octanol–water partition coefficient (Wildman–Crippen LogP) is 3.50. The van der Waals surface area contributed by atoms with Crippen molar-refractivity contribution in [3.8, 4) is 5.75 Å². The van der Waals surface area contributed by atoms with Crippen LogP contribution in [0.1, 0.15) is 11.1 Å². The molecule has 1 aliphatic heterocycles. The number of hydrogen-bond donors (Lipinski definition) is 1. The molecule has 160 valence electrons. The van der Waals surface area contributed by atoms with Crippen LogP contribution in [0.4, 0.5) is 19.3 Å². The number of halogens is 3. The lowest BCUT2D eigenvalue weighted by atomic mass is 10.1.